The van der Waals surface area contributed by atoms with E-state index in [9.17, 15) is 15.0 Å². The zero-order valence-corrected chi connectivity index (χ0v) is 15.6. The van der Waals surface area contributed by atoms with Crippen molar-refractivity contribution < 1.29 is 15.0 Å². The lowest BCUT2D eigenvalue weighted by Gasteiger charge is -2.29. The van der Waals surface area contributed by atoms with E-state index in [1.165, 1.54) is 5.57 Å². The van der Waals surface area contributed by atoms with Gasteiger partial charge in [0, 0.05) is 6.21 Å². The van der Waals surface area contributed by atoms with Gasteiger partial charge in [0.15, 0.2) is 0 Å². The van der Waals surface area contributed by atoms with Crippen LogP contribution in [0.5, 0.6) is 0 Å². The summed E-state index contributed by atoms with van der Waals surface area (Å²) in [6, 6.07) is 0. The molecule has 0 fully saturated rings. The van der Waals surface area contributed by atoms with Gasteiger partial charge in [-0.3, -0.25) is 9.79 Å². The maximum Gasteiger partial charge on any atom is 0.313 e. The van der Waals surface area contributed by atoms with Gasteiger partial charge in [0.1, 0.15) is 5.92 Å². The van der Waals surface area contributed by atoms with Gasteiger partial charge in [0.25, 0.3) is 0 Å². The summed E-state index contributed by atoms with van der Waals surface area (Å²) in [4.78, 5) is 16.1. The van der Waals surface area contributed by atoms with Crippen molar-refractivity contribution in [1.29, 1.82) is 0 Å². The summed E-state index contributed by atoms with van der Waals surface area (Å²) in [7, 11) is 0. The van der Waals surface area contributed by atoms with E-state index in [0.717, 1.165) is 38.5 Å². The summed E-state index contributed by atoms with van der Waals surface area (Å²) in [5.41, 5.74) is -0.0853. The van der Waals surface area contributed by atoms with Gasteiger partial charge in [-0.15, -0.1) is 0 Å². The van der Waals surface area contributed by atoms with E-state index in [1.807, 2.05) is 39.1 Å². The Morgan fingerprint density at radius 2 is 2.20 bits per heavy atom. The first kappa shape index (κ1) is 19.6. The minimum atomic E-state index is -0.843. The number of carboxylic acid groups (broad SMARTS) is 1. The number of rotatable bonds is 7. The highest BCUT2D eigenvalue weighted by Gasteiger charge is 2.36. The van der Waals surface area contributed by atoms with Crippen molar-refractivity contribution in [3.05, 3.63) is 36.0 Å². The fraction of sp³-hybridized carbons (Fsp3) is 0.619. The lowest BCUT2D eigenvalue weighted by molar-refractivity contribution is -0.141. The van der Waals surface area contributed by atoms with Gasteiger partial charge in [-0.1, -0.05) is 43.2 Å². The Hall–Kier alpha value is -1.68. The highest BCUT2D eigenvalue weighted by Crippen LogP contribution is 2.31. The van der Waals surface area contributed by atoms with Crippen LogP contribution in [0.25, 0.3) is 0 Å². The molecule has 0 amide bonds. The molecule has 4 heteroatoms. The van der Waals surface area contributed by atoms with Crippen LogP contribution in [0.15, 0.2) is 40.9 Å². The molecule has 3 unspecified atom stereocenters. The number of aliphatic imine (C=N–C) groups is 1. The molecular formula is C21H31NO3. The van der Waals surface area contributed by atoms with Crippen molar-refractivity contribution in [3.63, 3.8) is 0 Å². The third kappa shape index (κ3) is 5.96. The molecule has 0 heterocycles. The van der Waals surface area contributed by atoms with Crippen LogP contribution in [0.4, 0.5) is 0 Å². The average Bonchev–Trinajstić information content (AvgIpc) is 2.53. The molecule has 3 atom stereocenters. The highest BCUT2D eigenvalue weighted by atomic mass is 16.4. The van der Waals surface area contributed by atoms with Gasteiger partial charge < -0.3 is 10.2 Å². The number of hydrogen-bond donors (Lipinski definition) is 2. The zero-order valence-electron chi connectivity index (χ0n) is 15.6. The highest BCUT2D eigenvalue weighted by molar-refractivity contribution is 5.81. The second-order valence-electron chi connectivity index (χ2n) is 8.17. The van der Waals surface area contributed by atoms with Gasteiger partial charge in [-0.2, -0.15) is 0 Å². The molecule has 2 N–H and O–H groups in total. The van der Waals surface area contributed by atoms with Gasteiger partial charge in [-0.05, 0) is 57.9 Å². The van der Waals surface area contributed by atoms with Crippen LogP contribution in [0, 0.1) is 11.8 Å². The van der Waals surface area contributed by atoms with Gasteiger partial charge in [0.2, 0.25) is 0 Å². The van der Waals surface area contributed by atoms with Crippen LogP contribution in [-0.2, 0) is 4.79 Å². The Morgan fingerprint density at radius 3 is 2.80 bits per heavy atom. The van der Waals surface area contributed by atoms with Crippen LogP contribution >= 0.6 is 0 Å². The molecule has 0 saturated heterocycles. The van der Waals surface area contributed by atoms with E-state index in [2.05, 4.69) is 11.1 Å². The monoisotopic (exact) mass is 345 g/mol. The van der Waals surface area contributed by atoms with E-state index < -0.39 is 23.0 Å². The predicted octanol–water partition coefficient (Wildman–Crippen LogP) is 4.31. The Balaban J connectivity index is 1.89. The van der Waals surface area contributed by atoms with E-state index >= 15 is 0 Å². The van der Waals surface area contributed by atoms with Crippen molar-refractivity contribution in [2.75, 3.05) is 0 Å². The van der Waals surface area contributed by atoms with E-state index in [-0.39, 0.29) is 0 Å². The molecule has 0 aromatic heterocycles. The molecule has 0 aromatic rings. The first-order chi connectivity index (χ1) is 11.7. The Kier molecular flexibility index (Phi) is 6.39. The molecule has 0 spiro atoms. The number of carbonyl (C=O) groups is 1. The number of carboxylic acids is 1. The minimum absolute atomic E-state index is 0.569. The summed E-state index contributed by atoms with van der Waals surface area (Å²) in [6.45, 7) is 5.59. The summed E-state index contributed by atoms with van der Waals surface area (Å²) in [6.07, 6.45) is 17.5. The van der Waals surface area contributed by atoms with Crippen LogP contribution in [-0.4, -0.2) is 33.5 Å². The van der Waals surface area contributed by atoms with Crippen LogP contribution < -0.4 is 0 Å². The second-order valence-corrected chi connectivity index (χ2v) is 8.17. The quantitative estimate of drug-likeness (QED) is 0.676. The van der Waals surface area contributed by atoms with Gasteiger partial charge >= 0.3 is 5.97 Å². The molecule has 2 rings (SSSR count). The summed E-state index contributed by atoms with van der Waals surface area (Å²) >= 11 is 0. The smallest absolute Gasteiger partial charge is 0.313 e. The Labute approximate surface area is 151 Å². The minimum Gasteiger partial charge on any atom is -0.481 e. The molecule has 2 aliphatic rings. The fourth-order valence-electron chi connectivity index (χ4n) is 3.51. The topological polar surface area (TPSA) is 69.9 Å². The lowest BCUT2D eigenvalue weighted by Crippen LogP contribution is -2.36. The number of aliphatic carboxylic acids is 1. The van der Waals surface area contributed by atoms with E-state index in [4.69, 9.17) is 0 Å². The molecule has 0 bridgehead atoms. The Morgan fingerprint density at radius 1 is 1.44 bits per heavy atom. The number of nitrogens with zero attached hydrogens (tertiary/aromatic N) is 1. The summed E-state index contributed by atoms with van der Waals surface area (Å²) < 4.78 is 0. The summed E-state index contributed by atoms with van der Waals surface area (Å²) in [5, 5.41) is 19.2. The average molecular weight is 345 g/mol. The van der Waals surface area contributed by atoms with Crippen molar-refractivity contribution in [3.8, 4) is 0 Å². The molecular weight excluding hydrogens is 314 g/mol. The number of aliphatic hydroxyl groups is 1. The van der Waals surface area contributed by atoms with Crippen LogP contribution in [0.3, 0.4) is 0 Å². The molecule has 2 aliphatic carbocycles. The van der Waals surface area contributed by atoms with E-state index in [0.29, 0.717) is 5.92 Å². The largest absolute Gasteiger partial charge is 0.481 e. The number of hydrogen-bond acceptors (Lipinski definition) is 3. The van der Waals surface area contributed by atoms with Crippen molar-refractivity contribution in [2.45, 2.75) is 70.4 Å². The first-order valence-electron chi connectivity index (χ1n) is 9.25. The first-order valence-corrected chi connectivity index (χ1v) is 9.25. The normalized spacial score (nSPS) is 29.8. The third-order valence-corrected chi connectivity index (χ3v) is 5.21. The molecule has 25 heavy (non-hydrogen) atoms. The Bertz CT molecular complexity index is 595. The van der Waals surface area contributed by atoms with Crippen molar-refractivity contribution in [1.82, 2.24) is 0 Å². The summed E-state index contributed by atoms with van der Waals surface area (Å²) in [5.74, 6) is -0.781. The molecule has 0 saturated carbocycles. The maximum absolute atomic E-state index is 11.4. The SMILES string of the molecule is CC(C)(O)CCCC1CC=C(/C=N/C2(C)C=CC=CC2C(=O)O)CC1. The van der Waals surface area contributed by atoms with Crippen LogP contribution in [0.2, 0.25) is 0 Å². The molecule has 4 nitrogen and oxygen atoms in total. The maximum atomic E-state index is 11.4. The van der Waals surface area contributed by atoms with E-state index in [1.54, 1.807) is 12.2 Å². The second kappa shape index (κ2) is 8.13. The fourth-order valence-corrected chi connectivity index (χ4v) is 3.51. The van der Waals surface area contributed by atoms with Crippen molar-refractivity contribution in [2.24, 2.45) is 16.8 Å². The zero-order chi connectivity index (χ0) is 18.5. The van der Waals surface area contributed by atoms with Crippen LogP contribution in [0.1, 0.15) is 59.3 Å². The lowest BCUT2D eigenvalue weighted by atomic mass is 9.82. The van der Waals surface area contributed by atoms with Crippen molar-refractivity contribution >= 4 is 12.2 Å². The standard InChI is InChI=1S/C21H31NO3/c1-20(2,25)13-6-7-16-9-11-17(12-10-16)15-22-21(3)14-5-4-8-18(21)19(23)24/h4-5,8,11,14-16,18,25H,6-7,9-10,12-13H2,1-3H3,(H,23,24)/b22-15+. The molecule has 0 radical (unpaired) electrons. The number of allylic oxidation sites excluding steroid dienone is 4. The predicted molar refractivity (Wildman–Crippen MR) is 102 cm³/mol. The molecule has 0 aliphatic heterocycles. The van der Waals surface area contributed by atoms with Gasteiger partial charge in [-0.25, -0.2) is 0 Å². The molecule has 138 valence electrons. The third-order valence-electron chi connectivity index (χ3n) is 5.21. The molecule has 0 aromatic carbocycles. The van der Waals surface area contributed by atoms with Gasteiger partial charge in [0.05, 0.1) is 11.1 Å².